The summed E-state index contributed by atoms with van der Waals surface area (Å²) in [6.07, 6.45) is -5.08. The molecular weight excluding hydrogens is 427 g/mol. The smallest absolute Gasteiger partial charge is 0.475 e. The lowest BCUT2D eigenvalue weighted by atomic mass is 9.84. The monoisotopic (exact) mass is 449 g/mol. The molecular formula is C23H22F3NO3S. The van der Waals surface area contributed by atoms with Crippen LogP contribution >= 0.6 is 11.8 Å². The molecule has 0 aliphatic carbocycles. The average Bonchev–Trinajstić information content (AvgIpc) is 2.79. The van der Waals surface area contributed by atoms with Crippen molar-refractivity contribution in [2.75, 3.05) is 6.54 Å². The predicted octanol–water partition coefficient (Wildman–Crippen LogP) is 4.62. The lowest BCUT2D eigenvalue weighted by Gasteiger charge is -2.36. The Bertz CT molecular complexity index is 842. The second kappa shape index (κ2) is 11.0. The van der Waals surface area contributed by atoms with Crippen molar-refractivity contribution >= 4 is 17.7 Å². The molecule has 3 rings (SSSR count). The summed E-state index contributed by atoms with van der Waals surface area (Å²) >= 11 is 1.48. The maximum absolute atomic E-state index is 10.6. The maximum Gasteiger partial charge on any atom is 0.490 e. The van der Waals surface area contributed by atoms with Crippen LogP contribution in [-0.2, 0) is 9.54 Å². The summed E-state index contributed by atoms with van der Waals surface area (Å²) in [6.45, 7) is 0.207. The van der Waals surface area contributed by atoms with Gasteiger partial charge in [0, 0.05) is 6.54 Å². The van der Waals surface area contributed by atoms with Crippen LogP contribution in [0.4, 0.5) is 13.2 Å². The van der Waals surface area contributed by atoms with Crippen molar-refractivity contribution in [1.29, 1.82) is 0 Å². The second-order valence-corrected chi connectivity index (χ2v) is 7.78. The number of halogens is 3. The number of hydrogen-bond acceptors (Lipinski definition) is 4. The summed E-state index contributed by atoms with van der Waals surface area (Å²) in [5, 5.41) is 17.5. The Labute approximate surface area is 182 Å². The van der Waals surface area contributed by atoms with E-state index in [4.69, 9.17) is 15.6 Å². The number of benzene rings is 3. The van der Waals surface area contributed by atoms with Gasteiger partial charge in [-0.2, -0.15) is 13.2 Å². The summed E-state index contributed by atoms with van der Waals surface area (Å²) in [5.41, 5.74) is 8.46. The highest BCUT2D eigenvalue weighted by Gasteiger charge is 2.39. The van der Waals surface area contributed by atoms with Gasteiger partial charge in [0.25, 0.3) is 0 Å². The van der Waals surface area contributed by atoms with Gasteiger partial charge in [-0.1, -0.05) is 91.0 Å². The van der Waals surface area contributed by atoms with Crippen molar-refractivity contribution in [2.24, 2.45) is 5.73 Å². The Hall–Kier alpha value is -2.81. The average molecular weight is 449 g/mol. The highest BCUT2D eigenvalue weighted by molar-refractivity contribution is 8.01. The Morgan fingerprint density at radius 2 is 1.10 bits per heavy atom. The van der Waals surface area contributed by atoms with Crippen LogP contribution in [0.25, 0.3) is 0 Å². The first-order valence-corrected chi connectivity index (χ1v) is 10.1. The van der Waals surface area contributed by atoms with E-state index >= 15 is 0 Å². The molecule has 3 aromatic carbocycles. The van der Waals surface area contributed by atoms with Crippen LogP contribution in [0.5, 0.6) is 0 Å². The minimum atomic E-state index is -5.08. The lowest BCUT2D eigenvalue weighted by molar-refractivity contribution is -0.192. The highest BCUT2D eigenvalue weighted by Crippen LogP contribution is 2.49. The van der Waals surface area contributed by atoms with Gasteiger partial charge in [0.15, 0.2) is 0 Å². The molecule has 0 aromatic heterocycles. The lowest BCUT2D eigenvalue weighted by Crippen LogP contribution is -2.31. The van der Waals surface area contributed by atoms with Crippen molar-refractivity contribution in [3.05, 3.63) is 108 Å². The zero-order chi connectivity index (χ0) is 22.9. The van der Waals surface area contributed by atoms with E-state index in [1.54, 1.807) is 0 Å². The third kappa shape index (κ3) is 6.33. The van der Waals surface area contributed by atoms with E-state index in [0.717, 1.165) is 16.7 Å². The Balaban J connectivity index is 0.000000423. The molecule has 0 spiro atoms. The summed E-state index contributed by atoms with van der Waals surface area (Å²) in [7, 11) is 0. The molecule has 1 atom stereocenters. The zero-order valence-electron chi connectivity index (χ0n) is 16.4. The first-order valence-electron chi connectivity index (χ1n) is 9.24. The SMILES string of the molecule is NCC(O)SC(c1ccccc1)(c1ccccc1)c1ccccc1.O=C(O)C(F)(F)F. The van der Waals surface area contributed by atoms with Gasteiger partial charge in [-0.05, 0) is 16.7 Å². The van der Waals surface area contributed by atoms with Gasteiger partial charge in [-0.3, -0.25) is 0 Å². The third-order valence-corrected chi connectivity index (χ3v) is 5.82. The minimum absolute atomic E-state index is 0.207. The van der Waals surface area contributed by atoms with Crippen molar-refractivity contribution in [1.82, 2.24) is 0 Å². The Morgan fingerprint density at radius 1 is 0.806 bits per heavy atom. The molecule has 0 fully saturated rings. The Kier molecular flexibility index (Phi) is 8.67. The van der Waals surface area contributed by atoms with Gasteiger partial charge < -0.3 is 15.9 Å². The van der Waals surface area contributed by atoms with Crippen LogP contribution < -0.4 is 5.73 Å². The molecule has 31 heavy (non-hydrogen) atoms. The number of hydrogen-bond donors (Lipinski definition) is 3. The number of nitrogens with two attached hydrogens (primary N) is 1. The molecule has 1 unspecified atom stereocenters. The van der Waals surface area contributed by atoms with Crippen LogP contribution in [0, 0.1) is 0 Å². The van der Waals surface area contributed by atoms with Crippen LogP contribution in [-0.4, -0.2) is 34.3 Å². The van der Waals surface area contributed by atoms with Crippen molar-refractivity contribution < 1.29 is 28.2 Å². The molecule has 0 saturated carbocycles. The molecule has 3 aromatic rings. The van der Waals surface area contributed by atoms with E-state index in [1.165, 1.54) is 11.8 Å². The molecule has 164 valence electrons. The molecule has 4 N–H and O–H groups in total. The number of aliphatic carboxylic acids is 1. The molecule has 0 aliphatic heterocycles. The highest BCUT2D eigenvalue weighted by atomic mass is 32.2. The van der Waals surface area contributed by atoms with Crippen LogP contribution in [0.3, 0.4) is 0 Å². The fraction of sp³-hybridized carbons (Fsp3) is 0.174. The number of carboxylic acid groups (broad SMARTS) is 1. The molecule has 4 nitrogen and oxygen atoms in total. The van der Waals surface area contributed by atoms with Crippen LogP contribution in [0.2, 0.25) is 0 Å². The number of rotatable bonds is 6. The van der Waals surface area contributed by atoms with Gasteiger partial charge in [0.05, 0.1) is 4.75 Å². The molecule has 0 saturated heterocycles. The number of carboxylic acids is 1. The largest absolute Gasteiger partial charge is 0.490 e. The van der Waals surface area contributed by atoms with E-state index in [0.29, 0.717) is 0 Å². The van der Waals surface area contributed by atoms with E-state index < -0.39 is 22.3 Å². The standard InChI is InChI=1S/C21H21NOS.C2HF3O2/c22-16-20(23)24-21(17-10-4-1-5-11-17,18-12-6-2-7-13-18)19-14-8-3-9-15-19;3-2(4,5)1(6)7/h1-15,20,23H,16,22H2;(H,6,7). The molecule has 0 amide bonds. The van der Waals surface area contributed by atoms with E-state index in [-0.39, 0.29) is 6.54 Å². The molecule has 8 heteroatoms. The third-order valence-electron chi connectivity index (χ3n) is 4.30. The van der Waals surface area contributed by atoms with Crippen molar-refractivity contribution in [2.45, 2.75) is 16.4 Å². The van der Waals surface area contributed by atoms with Crippen LogP contribution in [0.15, 0.2) is 91.0 Å². The molecule has 0 radical (unpaired) electrons. The number of aliphatic hydroxyl groups excluding tert-OH is 1. The maximum atomic E-state index is 10.6. The van der Waals surface area contributed by atoms with Gasteiger partial charge in [-0.15, -0.1) is 11.8 Å². The first kappa shape index (κ1) is 24.5. The minimum Gasteiger partial charge on any atom is -0.475 e. The summed E-state index contributed by atoms with van der Waals surface area (Å²) < 4.78 is 31.2. The molecule has 0 aliphatic rings. The summed E-state index contributed by atoms with van der Waals surface area (Å²) in [5.74, 6) is -2.76. The second-order valence-electron chi connectivity index (χ2n) is 6.39. The molecule has 0 heterocycles. The van der Waals surface area contributed by atoms with Gasteiger partial charge >= 0.3 is 12.1 Å². The normalized spacial score (nSPS) is 12.4. The van der Waals surface area contributed by atoms with Gasteiger partial charge in [0.1, 0.15) is 5.44 Å². The Morgan fingerprint density at radius 3 is 1.32 bits per heavy atom. The summed E-state index contributed by atoms with van der Waals surface area (Å²) in [4.78, 5) is 8.90. The van der Waals surface area contributed by atoms with Gasteiger partial charge in [0.2, 0.25) is 0 Å². The number of aliphatic hydroxyl groups is 1. The molecule has 0 bridgehead atoms. The van der Waals surface area contributed by atoms with E-state index in [9.17, 15) is 18.3 Å². The number of thioether (sulfide) groups is 1. The van der Waals surface area contributed by atoms with Crippen molar-refractivity contribution in [3.63, 3.8) is 0 Å². The van der Waals surface area contributed by atoms with Crippen molar-refractivity contribution in [3.8, 4) is 0 Å². The topological polar surface area (TPSA) is 83.5 Å². The van der Waals surface area contributed by atoms with Crippen LogP contribution in [0.1, 0.15) is 16.7 Å². The first-order chi connectivity index (χ1) is 14.7. The number of alkyl halides is 3. The number of carbonyl (C=O) groups is 1. The van der Waals surface area contributed by atoms with Gasteiger partial charge in [-0.25, -0.2) is 4.79 Å². The zero-order valence-corrected chi connectivity index (χ0v) is 17.2. The van der Waals surface area contributed by atoms with E-state index in [1.807, 2.05) is 54.6 Å². The fourth-order valence-corrected chi connectivity index (χ4v) is 4.30. The predicted molar refractivity (Wildman–Crippen MR) is 116 cm³/mol. The summed E-state index contributed by atoms with van der Waals surface area (Å²) in [6, 6.07) is 30.9. The fourth-order valence-electron chi connectivity index (χ4n) is 2.97. The quantitative estimate of drug-likeness (QED) is 0.378. The van der Waals surface area contributed by atoms with E-state index in [2.05, 4.69) is 36.4 Å².